The molecule has 0 spiro atoms. The van der Waals surface area contributed by atoms with Gasteiger partial charge < -0.3 is 15.3 Å². The zero-order valence-electron chi connectivity index (χ0n) is 21.3. The molecule has 0 aliphatic heterocycles. The Bertz CT molecular complexity index is 824. The van der Waals surface area contributed by atoms with E-state index in [0.29, 0.717) is 41.9 Å². The van der Waals surface area contributed by atoms with E-state index in [1.165, 1.54) is 38.5 Å². The molecule has 3 nitrogen and oxygen atoms in total. The average Bonchev–Trinajstić information content (AvgIpc) is 3.48. The van der Waals surface area contributed by atoms with Crippen molar-refractivity contribution in [2.75, 3.05) is 0 Å². The SMILES string of the molecule is C=C1C(=CC=C2CCC[C@]3(C)[C@@H]([C@H](C)C=C[C@H](C4CC4)C(C)(C)O)CC[C@@H]23)C[C@@H](O)C[C@@H]1O. The molecule has 0 amide bonds. The molecule has 184 valence electrons. The van der Waals surface area contributed by atoms with Crippen molar-refractivity contribution in [3.63, 3.8) is 0 Å². The maximum atomic E-state index is 10.7. The van der Waals surface area contributed by atoms with E-state index in [4.69, 9.17) is 0 Å². The predicted molar refractivity (Wildman–Crippen MR) is 136 cm³/mol. The minimum absolute atomic E-state index is 0.271. The summed E-state index contributed by atoms with van der Waals surface area (Å²) in [6.07, 6.45) is 17.8. The van der Waals surface area contributed by atoms with Gasteiger partial charge in [-0.05, 0) is 105 Å². The van der Waals surface area contributed by atoms with Gasteiger partial charge in [0.05, 0.1) is 17.8 Å². The van der Waals surface area contributed by atoms with E-state index in [2.05, 4.69) is 44.7 Å². The lowest BCUT2D eigenvalue weighted by atomic mass is 9.61. The molecule has 0 aromatic rings. The number of allylic oxidation sites excluding steroid dienone is 4. The van der Waals surface area contributed by atoms with E-state index in [1.807, 2.05) is 13.8 Å². The summed E-state index contributed by atoms with van der Waals surface area (Å²) in [5, 5.41) is 30.9. The normalized spacial score (nSPS) is 39.9. The Kier molecular flexibility index (Phi) is 7.16. The minimum atomic E-state index is -0.641. The molecule has 0 bridgehead atoms. The molecular weight excluding hydrogens is 408 g/mol. The highest BCUT2D eigenvalue weighted by atomic mass is 16.3. The fraction of sp³-hybridized carbons (Fsp3) is 0.733. The summed E-state index contributed by atoms with van der Waals surface area (Å²) in [6.45, 7) is 12.9. The second kappa shape index (κ2) is 9.47. The van der Waals surface area contributed by atoms with Gasteiger partial charge in [-0.3, -0.25) is 0 Å². The van der Waals surface area contributed by atoms with Crippen LogP contribution in [0.4, 0.5) is 0 Å². The number of aliphatic hydroxyl groups excluding tert-OH is 2. The van der Waals surface area contributed by atoms with Gasteiger partial charge >= 0.3 is 0 Å². The van der Waals surface area contributed by atoms with E-state index in [-0.39, 0.29) is 5.92 Å². The lowest BCUT2D eigenvalue weighted by Crippen LogP contribution is -2.36. The monoisotopic (exact) mass is 454 g/mol. The Balaban J connectivity index is 1.49. The van der Waals surface area contributed by atoms with Crippen LogP contribution in [-0.4, -0.2) is 33.1 Å². The van der Waals surface area contributed by atoms with E-state index in [1.54, 1.807) is 5.57 Å². The fourth-order valence-corrected chi connectivity index (χ4v) is 7.46. The summed E-state index contributed by atoms with van der Waals surface area (Å²) in [6, 6.07) is 0. The van der Waals surface area contributed by atoms with Crippen molar-refractivity contribution in [3.8, 4) is 0 Å². The van der Waals surface area contributed by atoms with Gasteiger partial charge in [0.1, 0.15) is 0 Å². The summed E-state index contributed by atoms with van der Waals surface area (Å²) in [4.78, 5) is 0. The maximum Gasteiger partial charge on any atom is 0.0811 e. The van der Waals surface area contributed by atoms with Crippen LogP contribution in [0, 0.1) is 35.0 Å². The van der Waals surface area contributed by atoms with Gasteiger partial charge in [0.15, 0.2) is 0 Å². The molecule has 3 N–H and O–H groups in total. The van der Waals surface area contributed by atoms with Crippen LogP contribution in [0.15, 0.2) is 47.6 Å². The standard InChI is InChI=1S/C30H46O3/c1-19(8-13-26(22-9-10-22)29(3,4)33)25-14-15-27-21(7-6-16-30(25,27)5)11-12-23-17-24(31)18-28(32)20(23)2/h8,11-13,19,22,24-28,31-33H,2,6-7,9-10,14-18H2,1,3-5H3/t19-,24-,25-,26-,27+,28+,30-/m1/s1. The lowest BCUT2D eigenvalue weighted by Gasteiger charge is -2.44. The van der Waals surface area contributed by atoms with Crippen LogP contribution in [0.1, 0.15) is 85.5 Å². The van der Waals surface area contributed by atoms with Gasteiger partial charge in [0.2, 0.25) is 0 Å². The highest BCUT2D eigenvalue weighted by molar-refractivity contribution is 5.38. The molecule has 4 saturated carbocycles. The molecule has 4 aliphatic carbocycles. The second-order valence-corrected chi connectivity index (χ2v) is 12.4. The van der Waals surface area contributed by atoms with Gasteiger partial charge in [-0.2, -0.15) is 0 Å². The number of aliphatic hydroxyl groups is 3. The van der Waals surface area contributed by atoms with E-state index in [0.717, 1.165) is 17.6 Å². The van der Waals surface area contributed by atoms with E-state index >= 15 is 0 Å². The summed E-state index contributed by atoms with van der Waals surface area (Å²) < 4.78 is 0. The second-order valence-electron chi connectivity index (χ2n) is 12.4. The fourth-order valence-electron chi connectivity index (χ4n) is 7.46. The molecular formula is C30H46O3. The first-order valence-corrected chi connectivity index (χ1v) is 13.4. The van der Waals surface area contributed by atoms with Gasteiger partial charge in [0, 0.05) is 12.3 Å². The summed E-state index contributed by atoms with van der Waals surface area (Å²) >= 11 is 0. The smallest absolute Gasteiger partial charge is 0.0811 e. The van der Waals surface area contributed by atoms with Crippen LogP contribution in [0.25, 0.3) is 0 Å². The van der Waals surface area contributed by atoms with Crippen LogP contribution < -0.4 is 0 Å². The van der Waals surface area contributed by atoms with Crippen molar-refractivity contribution in [3.05, 3.63) is 47.6 Å². The predicted octanol–water partition coefficient (Wildman–Crippen LogP) is 6.12. The van der Waals surface area contributed by atoms with Crippen LogP contribution >= 0.6 is 0 Å². The van der Waals surface area contributed by atoms with E-state index < -0.39 is 17.8 Å². The third kappa shape index (κ3) is 5.26. The summed E-state index contributed by atoms with van der Waals surface area (Å²) in [5.41, 5.74) is 3.00. The molecule has 4 aliphatic rings. The first kappa shape index (κ1) is 24.9. The first-order chi connectivity index (χ1) is 15.5. The van der Waals surface area contributed by atoms with Crippen molar-refractivity contribution in [2.24, 2.45) is 35.0 Å². The molecule has 0 aromatic heterocycles. The van der Waals surface area contributed by atoms with E-state index in [9.17, 15) is 15.3 Å². The molecule has 4 fully saturated rings. The number of rotatable bonds is 6. The molecule has 0 aromatic carbocycles. The summed E-state index contributed by atoms with van der Waals surface area (Å²) in [5.74, 6) is 2.73. The molecule has 0 saturated heterocycles. The Hall–Kier alpha value is -1.16. The van der Waals surface area contributed by atoms with Crippen molar-refractivity contribution in [1.29, 1.82) is 0 Å². The molecule has 0 radical (unpaired) electrons. The summed E-state index contributed by atoms with van der Waals surface area (Å²) in [7, 11) is 0. The number of hydrogen-bond donors (Lipinski definition) is 3. The first-order valence-electron chi connectivity index (χ1n) is 13.4. The Morgan fingerprint density at radius 2 is 1.82 bits per heavy atom. The highest BCUT2D eigenvalue weighted by Crippen LogP contribution is 2.59. The van der Waals surface area contributed by atoms with Crippen LogP contribution in [0.2, 0.25) is 0 Å². The molecule has 3 heteroatoms. The Morgan fingerprint density at radius 1 is 1.09 bits per heavy atom. The molecule has 33 heavy (non-hydrogen) atoms. The Labute approximate surface area is 201 Å². The van der Waals surface area contributed by atoms with Crippen molar-refractivity contribution < 1.29 is 15.3 Å². The number of fused-ring (bicyclic) bond motifs is 1. The third-order valence-corrected chi connectivity index (χ3v) is 9.50. The highest BCUT2D eigenvalue weighted by Gasteiger charge is 2.50. The van der Waals surface area contributed by atoms with Gasteiger partial charge in [-0.1, -0.05) is 50.3 Å². The lowest BCUT2D eigenvalue weighted by molar-refractivity contribution is 0.0278. The third-order valence-electron chi connectivity index (χ3n) is 9.50. The van der Waals surface area contributed by atoms with Gasteiger partial charge in [0.25, 0.3) is 0 Å². The van der Waals surface area contributed by atoms with Gasteiger partial charge in [-0.25, -0.2) is 0 Å². The van der Waals surface area contributed by atoms with Crippen LogP contribution in [0.5, 0.6) is 0 Å². The molecule has 0 heterocycles. The van der Waals surface area contributed by atoms with Crippen LogP contribution in [-0.2, 0) is 0 Å². The largest absolute Gasteiger partial charge is 0.393 e. The Morgan fingerprint density at radius 3 is 2.48 bits per heavy atom. The van der Waals surface area contributed by atoms with Crippen molar-refractivity contribution in [1.82, 2.24) is 0 Å². The molecule has 4 rings (SSSR count). The average molecular weight is 455 g/mol. The molecule has 0 unspecified atom stereocenters. The topological polar surface area (TPSA) is 60.7 Å². The minimum Gasteiger partial charge on any atom is -0.393 e. The zero-order chi connectivity index (χ0) is 24.0. The van der Waals surface area contributed by atoms with Crippen molar-refractivity contribution in [2.45, 2.75) is 103 Å². The zero-order valence-corrected chi connectivity index (χ0v) is 21.3. The number of hydrogen-bond acceptors (Lipinski definition) is 3. The quantitative estimate of drug-likeness (QED) is 0.424. The maximum absolute atomic E-state index is 10.7. The van der Waals surface area contributed by atoms with Crippen molar-refractivity contribution >= 4 is 0 Å². The van der Waals surface area contributed by atoms with Gasteiger partial charge in [-0.15, -0.1) is 0 Å². The van der Waals surface area contributed by atoms with Crippen LogP contribution in [0.3, 0.4) is 0 Å². The molecule has 7 atom stereocenters.